The van der Waals surface area contributed by atoms with E-state index in [0.717, 1.165) is 10.7 Å². The zero-order chi connectivity index (χ0) is 22.6. The summed E-state index contributed by atoms with van der Waals surface area (Å²) in [6.45, 7) is 1.62. The molecule has 3 aromatic rings. The lowest BCUT2D eigenvalue weighted by atomic mass is 10.3. The summed E-state index contributed by atoms with van der Waals surface area (Å²) in [6.07, 6.45) is -0.676. The smallest absolute Gasteiger partial charge is 0.300 e. The Kier molecular flexibility index (Phi) is 6.55. The van der Waals surface area contributed by atoms with Gasteiger partial charge in [0.25, 0.3) is 14.6 Å². The zero-order valence-corrected chi connectivity index (χ0v) is 17.9. The zero-order valence-electron chi connectivity index (χ0n) is 16.3. The van der Waals surface area contributed by atoms with Crippen LogP contribution in [0.15, 0.2) is 68.4 Å². The number of aromatic nitrogens is 2. The Morgan fingerprint density at radius 1 is 1.19 bits per heavy atom. The number of para-hydroxylation sites is 1. The van der Waals surface area contributed by atoms with Gasteiger partial charge in [-0.2, -0.15) is 5.26 Å². The van der Waals surface area contributed by atoms with E-state index in [9.17, 15) is 18.5 Å². The number of nitrogens with one attached hydrogen (secondary N) is 1. The highest BCUT2D eigenvalue weighted by Gasteiger charge is 2.18. The van der Waals surface area contributed by atoms with E-state index in [1.54, 1.807) is 37.3 Å². The van der Waals surface area contributed by atoms with Crippen LogP contribution >= 0.6 is 10.7 Å². The van der Waals surface area contributed by atoms with Crippen LogP contribution in [0.5, 0.6) is 5.75 Å². The Bertz CT molecular complexity index is 1330. The van der Waals surface area contributed by atoms with Crippen molar-refractivity contribution in [2.75, 3.05) is 7.11 Å². The van der Waals surface area contributed by atoms with Gasteiger partial charge in [0.2, 0.25) is 0 Å². The van der Waals surface area contributed by atoms with Gasteiger partial charge in [-0.1, -0.05) is 18.2 Å². The molecule has 0 aliphatic carbocycles. The van der Waals surface area contributed by atoms with E-state index in [4.69, 9.17) is 20.2 Å². The first-order chi connectivity index (χ1) is 14.7. The summed E-state index contributed by atoms with van der Waals surface area (Å²) in [6, 6.07) is 14.2. The Morgan fingerprint density at radius 3 is 2.52 bits per heavy atom. The van der Waals surface area contributed by atoms with Crippen molar-refractivity contribution in [3.05, 3.63) is 64.6 Å². The molecule has 1 unspecified atom stereocenters. The lowest BCUT2D eigenvalue weighted by Crippen LogP contribution is -2.14. The number of nitrogens with zero attached hydrogens (tertiary/aromatic N) is 4. The molecule has 0 saturated heterocycles. The van der Waals surface area contributed by atoms with Crippen LogP contribution in [0, 0.1) is 11.3 Å². The summed E-state index contributed by atoms with van der Waals surface area (Å²) in [5.41, 5.74) is -0.511. The molecule has 160 valence electrons. The van der Waals surface area contributed by atoms with Crippen molar-refractivity contribution in [3.8, 4) is 17.5 Å². The fraction of sp³-hybridized carbons (Fsp3) is 0.158. The maximum Gasteiger partial charge on any atom is 0.300 e. The molecule has 10 nitrogen and oxygen atoms in total. The second-order valence-corrected chi connectivity index (χ2v) is 8.68. The molecule has 0 aliphatic heterocycles. The van der Waals surface area contributed by atoms with Crippen molar-refractivity contribution in [2.45, 2.75) is 18.1 Å². The summed E-state index contributed by atoms with van der Waals surface area (Å²) in [5, 5.41) is 19.9. The Labute approximate surface area is 181 Å². The van der Waals surface area contributed by atoms with Crippen molar-refractivity contribution in [2.24, 2.45) is 10.2 Å². The number of hydrogen-bond acceptors (Lipinski definition) is 8. The molecule has 0 amide bonds. The minimum Gasteiger partial charge on any atom is -0.463 e. The molecule has 0 aliphatic rings. The van der Waals surface area contributed by atoms with Crippen molar-refractivity contribution < 1.29 is 17.9 Å². The largest absolute Gasteiger partial charge is 0.463 e. The summed E-state index contributed by atoms with van der Waals surface area (Å²) in [7, 11) is 2.78. The number of ether oxygens (including phenoxy) is 2. The van der Waals surface area contributed by atoms with Gasteiger partial charge in [0.1, 0.15) is 17.5 Å². The van der Waals surface area contributed by atoms with Crippen LogP contribution in [0.2, 0.25) is 0 Å². The second-order valence-electron chi connectivity index (χ2n) is 6.11. The molecule has 0 fully saturated rings. The number of rotatable bonds is 7. The molecule has 12 heteroatoms. The fourth-order valence-electron chi connectivity index (χ4n) is 2.52. The van der Waals surface area contributed by atoms with Gasteiger partial charge in [0.15, 0.2) is 17.7 Å². The van der Waals surface area contributed by atoms with Gasteiger partial charge < -0.3 is 9.47 Å². The maximum absolute atomic E-state index is 12.8. The predicted octanol–water partition coefficient (Wildman–Crippen LogP) is 3.75. The Morgan fingerprint density at radius 2 is 1.90 bits per heavy atom. The van der Waals surface area contributed by atoms with Gasteiger partial charge in [-0.3, -0.25) is 9.89 Å². The number of H-pyrrole nitrogens is 1. The first-order valence-corrected chi connectivity index (χ1v) is 11.1. The number of hydrogen-bond donors (Lipinski definition) is 1. The maximum atomic E-state index is 12.8. The molecule has 2 aromatic carbocycles. The normalized spacial score (nSPS) is 12.6. The van der Waals surface area contributed by atoms with Gasteiger partial charge in [-0.05, 0) is 37.3 Å². The fourth-order valence-corrected chi connectivity index (χ4v) is 3.29. The van der Waals surface area contributed by atoms with Crippen LogP contribution in [0.3, 0.4) is 0 Å². The Balaban J connectivity index is 2.10. The van der Waals surface area contributed by atoms with Crippen LogP contribution < -0.4 is 10.3 Å². The molecular formula is C19H16ClN5O5S. The van der Waals surface area contributed by atoms with Gasteiger partial charge in [-0.25, -0.2) is 13.1 Å². The minimum absolute atomic E-state index is 0.0265. The van der Waals surface area contributed by atoms with Crippen LogP contribution in [-0.2, 0) is 13.8 Å². The molecule has 1 atom stereocenters. The topological polar surface area (TPSA) is 139 Å². The molecule has 0 radical (unpaired) electrons. The van der Waals surface area contributed by atoms with E-state index in [2.05, 4.69) is 15.3 Å². The van der Waals surface area contributed by atoms with E-state index >= 15 is 0 Å². The molecule has 3 rings (SSSR count). The summed E-state index contributed by atoms with van der Waals surface area (Å²) >= 11 is 0. The molecule has 0 saturated carbocycles. The number of aromatic amines is 1. The number of benzene rings is 2. The van der Waals surface area contributed by atoms with Crippen molar-refractivity contribution in [1.29, 1.82) is 5.26 Å². The molecular weight excluding hydrogens is 446 g/mol. The molecule has 31 heavy (non-hydrogen) atoms. The highest BCUT2D eigenvalue weighted by atomic mass is 35.7. The number of methoxy groups -OCH3 is 1. The number of azo groups is 1. The SMILES string of the molecule is COC(C)Oc1ccc(S(=O)(=O)Cl)cc1/N=N/c1c(C#N)[nH]n(-c2ccccc2)c1=O. The highest BCUT2D eigenvalue weighted by Crippen LogP contribution is 2.33. The lowest BCUT2D eigenvalue weighted by molar-refractivity contribution is -0.0379. The van der Waals surface area contributed by atoms with Crippen LogP contribution in [-0.4, -0.2) is 31.6 Å². The van der Waals surface area contributed by atoms with Crippen molar-refractivity contribution in [1.82, 2.24) is 9.78 Å². The summed E-state index contributed by atoms with van der Waals surface area (Å²) in [4.78, 5) is 12.5. The molecule has 0 bridgehead atoms. The second kappa shape index (κ2) is 9.13. The highest BCUT2D eigenvalue weighted by molar-refractivity contribution is 8.13. The van der Waals surface area contributed by atoms with E-state index in [0.29, 0.717) is 5.69 Å². The number of halogens is 1. The van der Waals surface area contributed by atoms with Crippen molar-refractivity contribution in [3.63, 3.8) is 0 Å². The van der Waals surface area contributed by atoms with Gasteiger partial charge in [-0.15, -0.1) is 10.2 Å². The summed E-state index contributed by atoms with van der Waals surface area (Å²) < 4.78 is 35.1. The third kappa shape index (κ3) is 5.00. The first-order valence-electron chi connectivity index (χ1n) is 8.75. The Hall–Kier alpha value is -3.46. The lowest BCUT2D eigenvalue weighted by Gasteiger charge is -2.14. The third-order valence-corrected chi connectivity index (χ3v) is 5.44. The average molecular weight is 462 g/mol. The van der Waals surface area contributed by atoms with E-state index in [1.807, 2.05) is 6.07 Å². The van der Waals surface area contributed by atoms with E-state index in [1.165, 1.54) is 19.2 Å². The number of nitriles is 1. The van der Waals surface area contributed by atoms with E-state index in [-0.39, 0.29) is 27.7 Å². The molecule has 1 heterocycles. The predicted molar refractivity (Wildman–Crippen MR) is 112 cm³/mol. The average Bonchev–Trinajstić information content (AvgIpc) is 3.08. The standard InChI is InChI=1S/C19H16ClN5O5S/c1-12(29-2)30-17-9-8-14(31(20,27)28)10-15(17)22-23-18-16(11-21)24-25(19(18)26)13-6-4-3-5-7-13/h3-10,12,24H,1-2H3/b23-22+. The van der Waals surface area contributed by atoms with Gasteiger partial charge >= 0.3 is 0 Å². The van der Waals surface area contributed by atoms with E-state index < -0.39 is 20.9 Å². The quantitative estimate of drug-likeness (QED) is 0.323. The molecule has 1 N–H and O–H groups in total. The minimum atomic E-state index is -4.05. The molecule has 0 spiro atoms. The monoisotopic (exact) mass is 461 g/mol. The molecule has 1 aromatic heterocycles. The summed E-state index contributed by atoms with van der Waals surface area (Å²) in [5.74, 6) is 0.139. The van der Waals surface area contributed by atoms with Crippen LogP contribution in [0.4, 0.5) is 11.4 Å². The third-order valence-electron chi connectivity index (χ3n) is 4.09. The van der Waals surface area contributed by atoms with Gasteiger partial charge in [0.05, 0.1) is 10.6 Å². The first kappa shape index (κ1) is 22.2. The van der Waals surface area contributed by atoms with Gasteiger partial charge in [0, 0.05) is 17.8 Å². The van der Waals surface area contributed by atoms with Crippen LogP contribution in [0.1, 0.15) is 12.6 Å². The van der Waals surface area contributed by atoms with Crippen molar-refractivity contribution >= 4 is 31.1 Å². The van der Waals surface area contributed by atoms with Crippen LogP contribution in [0.25, 0.3) is 5.69 Å².